The summed E-state index contributed by atoms with van der Waals surface area (Å²) in [5.41, 5.74) is 6.06. The number of fused-ring (bicyclic) bond motifs is 1. The summed E-state index contributed by atoms with van der Waals surface area (Å²) in [5, 5.41) is 3.33. The molecule has 0 aliphatic rings. The largest absolute Gasteiger partial charge is 0.372 e. The van der Waals surface area contributed by atoms with Gasteiger partial charge in [0.05, 0.1) is 11.1 Å². The van der Waals surface area contributed by atoms with E-state index in [2.05, 4.69) is 10.3 Å². The summed E-state index contributed by atoms with van der Waals surface area (Å²) in [6, 6.07) is 5.71. The Labute approximate surface area is 91.3 Å². The Hall–Kier alpha value is -2.17. The van der Waals surface area contributed by atoms with E-state index < -0.39 is 5.91 Å². The molecule has 3 N–H and O–H groups in total. The number of rotatable bonds is 2. The highest BCUT2D eigenvalue weighted by atomic mass is 19.1. The molecule has 0 spiro atoms. The summed E-state index contributed by atoms with van der Waals surface area (Å²) >= 11 is 0. The van der Waals surface area contributed by atoms with Gasteiger partial charge in [0, 0.05) is 12.4 Å². The van der Waals surface area contributed by atoms with Crippen LogP contribution in [0.15, 0.2) is 24.3 Å². The monoisotopic (exact) mass is 219 g/mol. The van der Waals surface area contributed by atoms with Crippen molar-refractivity contribution in [3.05, 3.63) is 35.6 Å². The van der Waals surface area contributed by atoms with Crippen LogP contribution in [0, 0.1) is 5.82 Å². The summed E-state index contributed by atoms with van der Waals surface area (Å²) < 4.78 is 13.0. The van der Waals surface area contributed by atoms with Gasteiger partial charge in [-0.15, -0.1) is 0 Å². The highest BCUT2D eigenvalue weighted by Crippen LogP contribution is 2.20. The van der Waals surface area contributed by atoms with Gasteiger partial charge in [-0.1, -0.05) is 0 Å². The van der Waals surface area contributed by atoms with E-state index in [0.29, 0.717) is 16.7 Å². The number of amides is 1. The molecular weight excluding hydrogens is 209 g/mol. The zero-order chi connectivity index (χ0) is 11.7. The molecule has 0 aliphatic heterocycles. The summed E-state index contributed by atoms with van der Waals surface area (Å²) in [5.74, 6) is -0.573. The van der Waals surface area contributed by atoms with Gasteiger partial charge in [0.15, 0.2) is 0 Å². The highest BCUT2D eigenvalue weighted by molar-refractivity contribution is 6.01. The van der Waals surface area contributed by atoms with Crippen molar-refractivity contribution in [2.75, 3.05) is 12.4 Å². The van der Waals surface area contributed by atoms with Crippen molar-refractivity contribution < 1.29 is 9.18 Å². The molecule has 1 aromatic carbocycles. The molecule has 0 radical (unpaired) electrons. The van der Waals surface area contributed by atoms with Crippen LogP contribution in [0.5, 0.6) is 0 Å². The van der Waals surface area contributed by atoms with Crippen LogP contribution in [-0.2, 0) is 0 Å². The Balaban J connectivity index is 2.75. The quantitative estimate of drug-likeness (QED) is 0.804. The Bertz CT molecular complexity index is 568. The van der Waals surface area contributed by atoms with Gasteiger partial charge >= 0.3 is 0 Å². The lowest BCUT2D eigenvalue weighted by Crippen LogP contribution is -2.14. The van der Waals surface area contributed by atoms with Crippen LogP contribution in [0.2, 0.25) is 0 Å². The lowest BCUT2D eigenvalue weighted by Gasteiger charge is -2.07. The van der Waals surface area contributed by atoms with E-state index in [9.17, 15) is 9.18 Å². The highest BCUT2D eigenvalue weighted by Gasteiger charge is 2.10. The van der Waals surface area contributed by atoms with Gasteiger partial charge in [-0.25, -0.2) is 9.37 Å². The molecular formula is C11H10FN3O. The fraction of sp³-hybridized carbons (Fsp3) is 0.0909. The molecule has 16 heavy (non-hydrogen) atoms. The third-order valence-electron chi connectivity index (χ3n) is 2.28. The number of halogens is 1. The number of hydrogen-bond acceptors (Lipinski definition) is 3. The second-order valence-corrected chi connectivity index (χ2v) is 3.34. The van der Waals surface area contributed by atoms with E-state index in [1.54, 1.807) is 13.1 Å². The number of primary amides is 1. The predicted molar refractivity (Wildman–Crippen MR) is 59.8 cm³/mol. The van der Waals surface area contributed by atoms with Crippen molar-refractivity contribution in [3.63, 3.8) is 0 Å². The first-order chi connectivity index (χ1) is 7.61. The molecule has 0 saturated carbocycles. The van der Waals surface area contributed by atoms with E-state index in [4.69, 9.17) is 5.73 Å². The van der Waals surface area contributed by atoms with Crippen LogP contribution < -0.4 is 11.1 Å². The predicted octanol–water partition coefficient (Wildman–Crippen LogP) is 1.51. The Morgan fingerprint density at radius 1 is 1.44 bits per heavy atom. The van der Waals surface area contributed by atoms with Crippen LogP contribution in [-0.4, -0.2) is 17.9 Å². The van der Waals surface area contributed by atoms with Gasteiger partial charge in [0.1, 0.15) is 11.6 Å². The van der Waals surface area contributed by atoms with Gasteiger partial charge in [-0.2, -0.15) is 0 Å². The van der Waals surface area contributed by atoms with Crippen LogP contribution >= 0.6 is 0 Å². The number of carbonyl (C=O) groups is 1. The van der Waals surface area contributed by atoms with Gasteiger partial charge < -0.3 is 11.1 Å². The molecule has 2 rings (SSSR count). The number of nitrogens with zero attached hydrogens (tertiary/aromatic N) is 1. The van der Waals surface area contributed by atoms with E-state index in [1.165, 1.54) is 18.2 Å². The standard InChI is InChI=1S/C11H10FN3O/c1-14-11-8(10(13)16)5-6-4-7(12)2-3-9(6)15-11/h2-5H,1H3,(H2,13,16)(H,14,15). The van der Waals surface area contributed by atoms with E-state index >= 15 is 0 Å². The number of nitrogens with two attached hydrogens (primary N) is 1. The summed E-state index contributed by atoms with van der Waals surface area (Å²) in [6.07, 6.45) is 0. The Morgan fingerprint density at radius 3 is 2.81 bits per heavy atom. The molecule has 1 aromatic heterocycles. The van der Waals surface area contributed by atoms with Crippen molar-refractivity contribution in [2.24, 2.45) is 5.73 Å². The molecule has 0 saturated heterocycles. The average Bonchev–Trinajstić information content (AvgIpc) is 2.27. The fourth-order valence-corrected chi connectivity index (χ4v) is 1.53. The average molecular weight is 219 g/mol. The molecule has 0 bridgehead atoms. The first kappa shape index (κ1) is 10.4. The summed E-state index contributed by atoms with van der Waals surface area (Å²) in [4.78, 5) is 15.3. The van der Waals surface area contributed by atoms with E-state index in [-0.39, 0.29) is 11.4 Å². The maximum Gasteiger partial charge on any atom is 0.252 e. The number of anilines is 1. The minimum absolute atomic E-state index is 0.251. The van der Waals surface area contributed by atoms with Crippen LogP contribution in [0.3, 0.4) is 0 Å². The zero-order valence-electron chi connectivity index (χ0n) is 8.62. The Morgan fingerprint density at radius 2 is 2.19 bits per heavy atom. The van der Waals surface area contributed by atoms with Crippen molar-refractivity contribution >= 4 is 22.6 Å². The number of pyridine rings is 1. The topological polar surface area (TPSA) is 68.0 Å². The smallest absolute Gasteiger partial charge is 0.252 e. The molecule has 0 unspecified atom stereocenters. The number of nitrogens with one attached hydrogen (secondary N) is 1. The maximum atomic E-state index is 13.0. The van der Waals surface area contributed by atoms with Gasteiger partial charge in [-0.05, 0) is 24.3 Å². The second kappa shape index (κ2) is 3.77. The lowest BCUT2D eigenvalue weighted by molar-refractivity contribution is 0.100. The van der Waals surface area contributed by atoms with Crippen molar-refractivity contribution in [3.8, 4) is 0 Å². The number of hydrogen-bond donors (Lipinski definition) is 2. The van der Waals surface area contributed by atoms with Gasteiger partial charge in [0.2, 0.25) is 0 Å². The van der Waals surface area contributed by atoms with Crippen molar-refractivity contribution in [1.82, 2.24) is 4.98 Å². The number of carbonyl (C=O) groups excluding carboxylic acids is 1. The van der Waals surface area contributed by atoms with Gasteiger partial charge in [-0.3, -0.25) is 4.79 Å². The molecule has 4 nitrogen and oxygen atoms in total. The molecule has 0 aliphatic carbocycles. The summed E-state index contributed by atoms with van der Waals surface area (Å²) in [6.45, 7) is 0. The van der Waals surface area contributed by atoms with Crippen LogP contribution in [0.1, 0.15) is 10.4 Å². The first-order valence-electron chi connectivity index (χ1n) is 4.69. The first-order valence-corrected chi connectivity index (χ1v) is 4.69. The molecule has 0 atom stereocenters. The fourth-order valence-electron chi connectivity index (χ4n) is 1.53. The molecule has 2 aromatic rings. The molecule has 1 heterocycles. The number of benzene rings is 1. The maximum absolute atomic E-state index is 13.0. The third-order valence-corrected chi connectivity index (χ3v) is 2.28. The lowest BCUT2D eigenvalue weighted by atomic mass is 10.1. The van der Waals surface area contributed by atoms with Crippen LogP contribution in [0.25, 0.3) is 10.9 Å². The van der Waals surface area contributed by atoms with Gasteiger partial charge in [0.25, 0.3) is 5.91 Å². The normalized spacial score (nSPS) is 10.4. The minimum Gasteiger partial charge on any atom is -0.372 e. The zero-order valence-corrected chi connectivity index (χ0v) is 8.62. The van der Waals surface area contributed by atoms with E-state index in [0.717, 1.165) is 0 Å². The summed E-state index contributed by atoms with van der Waals surface area (Å²) in [7, 11) is 1.64. The SMILES string of the molecule is CNc1nc2ccc(F)cc2cc1C(N)=O. The Kier molecular flexibility index (Phi) is 2.44. The van der Waals surface area contributed by atoms with E-state index in [1.807, 2.05) is 0 Å². The van der Waals surface area contributed by atoms with Crippen LogP contribution in [0.4, 0.5) is 10.2 Å². The second-order valence-electron chi connectivity index (χ2n) is 3.34. The minimum atomic E-state index is -0.594. The third kappa shape index (κ3) is 1.67. The number of aromatic nitrogens is 1. The molecule has 82 valence electrons. The van der Waals surface area contributed by atoms with Crippen molar-refractivity contribution in [1.29, 1.82) is 0 Å². The van der Waals surface area contributed by atoms with Crippen molar-refractivity contribution in [2.45, 2.75) is 0 Å². The molecule has 1 amide bonds. The molecule has 5 heteroatoms. The molecule has 0 fully saturated rings.